The summed E-state index contributed by atoms with van der Waals surface area (Å²) in [4.78, 5) is 11.8. The summed E-state index contributed by atoms with van der Waals surface area (Å²) in [7, 11) is 1.82. The molecule has 18 heavy (non-hydrogen) atoms. The molecule has 1 N–H and O–H groups in total. The average molecular weight is 243 g/mol. The fraction of sp³-hybridized carbons (Fsp3) is 0.286. The Morgan fingerprint density at radius 3 is 2.67 bits per heavy atom. The molecule has 4 heteroatoms. The minimum absolute atomic E-state index is 0.0156. The lowest BCUT2D eigenvalue weighted by Gasteiger charge is -2.05. The number of amides is 1. The SMILES string of the molecule is Cc1cc(NC(=O)CCc2ccccc2)n(C)n1. The van der Waals surface area contributed by atoms with Gasteiger partial charge < -0.3 is 5.32 Å². The molecule has 2 rings (SSSR count). The minimum Gasteiger partial charge on any atom is -0.311 e. The van der Waals surface area contributed by atoms with E-state index in [1.54, 1.807) is 4.68 Å². The zero-order valence-corrected chi connectivity index (χ0v) is 10.7. The highest BCUT2D eigenvalue weighted by atomic mass is 16.1. The molecule has 0 unspecified atom stereocenters. The monoisotopic (exact) mass is 243 g/mol. The van der Waals surface area contributed by atoms with Crippen LogP contribution in [0.3, 0.4) is 0 Å². The molecule has 0 fully saturated rings. The van der Waals surface area contributed by atoms with Gasteiger partial charge in [-0.2, -0.15) is 5.10 Å². The quantitative estimate of drug-likeness (QED) is 0.895. The van der Waals surface area contributed by atoms with E-state index in [0.29, 0.717) is 6.42 Å². The van der Waals surface area contributed by atoms with Gasteiger partial charge in [-0.05, 0) is 18.9 Å². The van der Waals surface area contributed by atoms with Crippen LogP contribution < -0.4 is 5.32 Å². The van der Waals surface area contributed by atoms with E-state index in [4.69, 9.17) is 0 Å². The third-order valence-electron chi connectivity index (χ3n) is 2.75. The van der Waals surface area contributed by atoms with Gasteiger partial charge in [0.2, 0.25) is 5.91 Å². The van der Waals surface area contributed by atoms with Crippen LogP contribution in [0.2, 0.25) is 0 Å². The van der Waals surface area contributed by atoms with Crippen LogP contribution in [-0.4, -0.2) is 15.7 Å². The number of nitrogens with zero attached hydrogens (tertiary/aromatic N) is 2. The number of carbonyl (C=O) groups is 1. The van der Waals surface area contributed by atoms with Crippen LogP contribution in [0.4, 0.5) is 5.82 Å². The minimum atomic E-state index is 0.0156. The predicted molar refractivity (Wildman–Crippen MR) is 71.3 cm³/mol. The number of aromatic nitrogens is 2. The first-order chi connectivity index (χ1) is 8.65. The Balaban J connectivity index is 1.88. The second kappa shape index (κ2) is 5.49. The molecule has 1 amide bonds. The average Bonchev–Trinajstić information content (AvgIpc) is 2.67. The van der Waals surface area contributed by atoms with Crippen LogP contribution in [0.1, 0.15) is 17.7 Å². The fourth-order valence-electron chi connectivity index (χ4n) is 1.84. The first kappa shape index (κ1) is 12.4. The van der Waals surface area contributed by atoms with E-state index in [-0.39, 0.29) is 5.91 Å². The normalized spacial score (nSPS) is 10.3. The molecule has 94 valence electrons. The van der Waals surface area contributed by atoms with Gasteiger partial charge in [0.05, 0.1) is 5.69 Å². The molecule has 0 spiro atoms. The highest BCUT2D eigenvalue weighted by molar-refractivity contribution is 5.90. The molecule has 0 saturated carbocycles. The van der Waals surface area contributed by atoms with Crippen molar-refractivity contribution in [2.24, 2.45) is 7.05 Å². The van der Waals surface area contributed by atoms with Crippen LogP contribution in [0.15, 0.2) is 36.4 Å². The van der Waals surface area contributed by atoms with Crippen LogP contribution in [0.5, 0.6) is 0 Å². The summed E-state index contributed by atoms with van der Waals surface area (Å²) in [6.07, 6.45) is 1.23. The van der Waals surface area contributed by atoms with Gasteiger partial charge in [-0.1, -0.05) is 30.3 Å². The number of anilines is 1. The molecular weight excluding hydrogens is 226 g/mol. The predicted octanol–water partition coefficient (Wildman–Crippen LogP) is 2.30. The van der Waals surface area contributed by atoms with Crippen molar-refractivity contribution in [2.45, 2.75) is 19.8 Å². The highest BCUT2D eigenvalue weighted by Crippen LogP contribution is 2.09. The number of nitrogens with one attached hydrogen (secondary N) is 1. The summed E-state index contributed by atoms with van der Waals surface area (Å²) < 4.78 is 1.68. The molecule has 1 aromatic carbocycles. The van der Waals surface area contributed by atoms with E-state index in [1.165, 1.54) is 5.56 Å². The largest absolute Gasteiger partial charge is 0.311 e. The van der Waals surface area contributed by atoms with Gasteiger partial charge in [-0.3, -0.25) is 9.48 Å². The van der Waals surface area contributed by atoms with Gasteiger partial charge in [0, 0.05) is 19.5 Å². The zero-order chi connectivity index (χ0) is 13.0. The molecule has 0 saturated heterocycles. The molecule has 0 aliphatic heterocycles. The number of hydrogen-bond donors (Lipinski definition) is 1. The van der Waals surface area contributed by atoms with Gasteiger partial charge in [0.1, 0.15) is 5.82 Å². The lowest BCUT2D eigenvalue weighted by Crippen LogP contribution is -2.14. The van der Waals surface area contributed by atoms with Crippen LogP contribution in [0, 0.1) is 6.92 Å². The van der Waals surface area contributed by atoms with Crippen molar-refractivity contribution < 1.29 is 4.79 Å². The summed E-state index contributed by atoms with van der Waals surface area (Å²) >= 11 is 0. The molecule has 0 aliphatic carbocycles. The Labute approximate surface area is 107 Å². The zero-order valence-electron chi connectivity index (χ0n) is 10.7. The number of aryl methyl sites for hydroxylation is 3. The lowest BCUT2D eigenvalue weighted by atomic mass is 10.1. The van der Waals surface area contributed by atoms with E-state index < -0.39 is 0 Å². The summed E-state index contributed by atoms with van der Waals surface area (Å²) in [5.74, 6) is 0.757. The van der Waals surface area contributed by atoms with Gasteiger partial charge in [0.25, 0.3) is 0 Å². The first-order valence-corrected chi connectivity index (χ1v) is 5.99. The number of rotatable bonds is 4. The first-order valence-electron chi connectivity index (χ1n) is 5.99. The van der Waals surface area contributed by atoms with Crippen molar-refractivity contribution in [3.63, 3.8) is 0 Å². The second-order valence-corrected chi connectivity index (χ2v) is 4.33. The van der Waals surface area contributed by atoms with Crippen molar-refractivity contribution in [1.29, 1.82) is 0 Å². The van der Waals surface area contributed by atoms with Crippen molar-refractivity contribution >= 4 is 11.7 Å². The van der Waals surface area contributed by atoms with Crippen LogP contribution in [-0.2, 0) is 18.3 Å². The van der Waals surface area contributed by atoms with E-state index in [9.17, 15) is 4.79 Å². The number of carbonyl (C=O) groups excluding carboxylic acids is 1. The summed E-state index contributed by atoms with van der Waals surface area (Å²) in [6, 6.07) is 11.9. The van der Waals surface area contributed by atoms with Gasteiger partial charge in [-0.15, -0.1) is 0 Å². The maximum atomic E-state index is 11.8. The second-order valence-electron chi connectivity index (χ2n) is 4.33. The van der Waals surface area contributed by atoms with Crippen molar-refractivity contribution in [3.05, 3.63) is 47.7 Å². The molecule has 1 aromatic heterocycles. The van der Waals surface area contributed by atoms with E-state index >= 15 is 0 Å². The standard InChI is InChI=1S/C14H17N3O/c1-11-10-13(17(2)16-11)15-14(18)9-8-12-6-4-3-5-7-12/h3-7,10H,8-9H2,1-2H3,(H,15,18). The number of benzene rings is 1. The summed E-state index contributed by atoms with van der Waals surface area (Å²) in [5.41, 5.74) is 2.07. The summed E-state index contributed by atoms with van der Waals surface area (Å²) in [5, 5.41) is 7.05. The van der Waals surface area contributed by atoms with Crippen LogP contribution >= 0.6 is 0 Å². The lowest BCUT2D eigenvalue weighted by molar-refractivity contribution is -0.116. The molecule has 0 aliphatic rings. The van der Waals surface area contributed by atoms with E-state index in [0.717, 1.165) is 17.9 Å². The third kappa shape index (κ3) is 3.20. The van der Waals surface area contributed by atoms with Crippen molar-refractivity contribution in [2.75, 3.05) is 5.32 Å². The molecule has 0 bridgehead atoms. The molecule has 4 nitrogen and oxygen atoms in total. The molecule has 0 atom stereocenters. The summed E-state index contributed by atoms with van der Waals surface area (Å²) in [6.45, 7) is 1.90. The van der Waals surface area contributed by atoms with Gasteiger partial charge in [-0.25, -0.2) is 0 Å². The Morgan fingerprint density at radius 2 is 2.06 bits per heavy atom. The van der Waals surface area contributed by atoms with Crippen molar-refractivity contribution in [3.8, 4) is 0 Å². The number of hydrogen-bond acceptors (Lipinski definition) is 2. The molecule has 2 aromatic rings. The van der Waals surface area contributed by atoms with E-state index in [2.05, 4.69) is 10.4 Å². The topological polar surface area (TPSA) is 46.9 Å². The Kier molecular flexibility index (Phi) is 3.77. The third-order valence-corrected chi connectivity index (χ3v) is 2.75. The van der Waals surface area contributed by atoms with Crippen molar-refractivity contribution in [1.82, 2.24) is 9.78 Å². The van der Waals surface area contributed by atoms with Crippen LogP contribution in [0.25, 0.3) is 0 Å². The molecule has 1 heterocycles. The molecule has 0 radical (unpaired) electrons. The highest BCUT2D eigenvalue weighted by Gasteiger charge is 2.06. The Bertz CT molecular complexity index is 531. The Morgan fingerprint density at radius 1 is 1.33 bits per heavy atom. The van der Waals surface area contributed by atoms with Gasteiger partial charge in [0.15, 0.2) is 0 Å². The van der Waals surface area contributed by atoms with Gasteiger partial charge >= 0.3 is 0 Å². The Hall–Kier alpha value is -2.10. The molecular formula is C14H17N3O. The smallest absolute Gasteiger partial charge is 0.225 e. The fourth-order valence-corrected chi connectivity index (χ4v) is 1.84. The van der Waals surface area contributed by atoms with E-state index in [1.807, 2.05) is 50.4 Å². The maximum Gasteiger partial charge on any atom is 0.225 e. The maximum absolute atomic E-state index is 11.8.